The average Bonchev–Trinajstić information content (AvgIpc) is 2.78. The maximum Gasteiger partial charge on any atom is 0.342 e. The van der Waals surface area contributed by atoms with Crippen LogP contribution in [0.5, 0.6) is 0 Å². The molecule has 2 N–H and O–H groups in total. The van der Waals surface area contributed by atoms with E-state index >= 15 is 0 Å². The third kappa shape index (κ3) is 6.01. The van der Waals surface area contributed by atoms with Crippen LogP contribution >= 0.6 is 15.9 Å². The summed E-state index contributed by atoms with van der Waals surface area (Å²) in [7, 11) is 0. The van der Waals surface area contributed by atoms with Gasteiger partial charge in [-0.25, -0.2) is 9.78 Å². The number of benzene rings is 1. The molecule has 2 aromatic rings. The monoisotopic (exact) mass is 476 g/mol. The first kappa shape index (κ1) is 21.7. The maximum absolute atomic E-state index is 12.4. The number of hydrogen-bond donors (Lipinski definition) is 2. The van der Waals surface area contributed by atoms with Crippen LogP contribution in [0, 0.1) is 0 Å². The van der Waals surface area contributed by atoms with Gasteiger partial charge in [-0.3, -0.25) is 9.59 Å². The fourth-order valence-corrected chi connectivity index (χ4v) is 3.16. The van der Waals surface area contributed by atoms with E-state index in [1.54, 1.807) is 36.5 Å². The Bertz CT molecular complexity index is 918. The molecule has 10 heteroatoms. The molecule has 158 valence electrons. The zero-order valence-corrected chi connectivity index (χ0v) is 17.7. The molecule has 1 aromatic carbocycles. The van der Waals surface area contributed by atoms with Crippen molar-refractivity contribution >= 4 is 45.2 Å². The molecule has 1 aliphatic heterocycles. The summed E-state index contributed by atoms with van der Waals surface area (Å²) in [5.41, 5.74) is 0.870. The summed E-state index contributed by atoms with van der Waals surface area (Å²) in [6.07, 6.45) is 1.60. The molecule has 1 aromatic heterocycles. The number of carbonyl (C=O) groups excluding carboxylic acids is 3. The molecule has 0 unspecified atom stereocenters. The molecule has 0 atom stereocenters. The predicted octanol–water partition coefficient (Wildman–Crippen LogP) is 1.59. The van der Waals surface area contributed by atoms with Crippen LogP contribution in [0.1, 0.15) is 10.4 Å². The Morgan fingerprint density at radius 2 is 1.87 bits per heavy atom. The number of pyridine rings is 1. The second-order valence-corrected chi connectivity index (χ2v) is 7.21. The lowest BCUT2D eigenvalue weighted by molar-refractivity contribution is -0.126. The highest BCUT2D eigenvalue weighted by Gasteiger charge is 2.21. The first-order valence-corrected chi connectivity index (χ1v) is 10.1. The minimum absolute atomic E-state index is 0.246. The van der Waals surface area contributed by atoms with Crippen LogP contribution in [0.15, 0.2) is 47.1 Å². The van der Waals surface area contributed by atoms with Crippen LogP contribution in [0.2, 0.25) is 0 Å². The zero-order valence-electron chi connectivity index (χ0n) is 16.1. The van der Waals surface area contributed by atoms with Gasteiger partial charge in [-0.2, -0.15) is 0 Å². The summed E-state index contributed by atoms with van der Waals surface area (Å²) >= 11 is 3.33. The van der Waals surface area contributed by atoms with Crippen molar-refractivity contribution in [2.24, 2.45) is 0 Å². The van der Waals surface area contributed by atoms with Crippen molar-refractivity contribution in [3.8, 4) is 0 Å². The molecule has 1 saturated heterocycles. The minimum atomic E-state index is -0.655. The topological polar surface area (TPSA) is 110 Å². The molecule has 30 heavy (non-hydrogen) atoms. The van der Waals surface area contributed by atoms with Crippen LogP contribution in [-0.4, -0.2) is 62.2 Å². The number of hydrogen-bond acceptors (Lipinski definition) is 7. The summed E-state index contributed by atoms with van der Waals surface area (Å²) in [5.74, 6) is -1.14. The molecule has 0 bridgehead atoms. The molecule has 2 amide bonds. The van der Waals surface area contributed by atoms with Gasteiger partial charge in [-0.15, -0.1) is 0 Å². The molecule has 0 saturated carbocycles. The molecule has 9 nitrogen and oxygen atoms in total. The SMILES string of the molecule is O=C(COC(=O)c1cccnc1N1CCOCC1)NCC(=O)Nc1ccccc1Br. The fraction of sp³-hybridized carbons (Fsp3) is 0.300. The van der Waals surface area contributed by atoms with E-state index in [1.165, 1.54) is 0 Å². The van der Waals surface area contributed by atoms with Crippen molar-refractivity contribution in [2.75, 3.05) is 49.7 Å². The number of amides is 2. The Hall–Kier alpha value is -2.98. The Balaban J connectivity index is 1.47. The second kappa shape index (κ2) is 10.7. The largest absolute Gasteiger partial charge is 0.452 e. The number of anilines is 2. The van der Waals surface area contributed by atoms with Crippen molar-refractivity contribution in [1.82, 2.24) is 10.3 Å². The van der Waals surface area contributed by atoms with E-state index in [0.717, 1.165) is 4.47 Å². The number of esters is 1. The number of aromatic nitrogens is 1. The number of rotatable bonds is 7. The van der Waals surface area contributed by atoms with E-state index in [9.17, 15) is 14.4 Å². The van der Waals surface area contributed by atoms with Gasteiger partial charge in [0.05, 0.1) is 25.4 Å². The number of carbonyl (C=O) groups is 3. The maximum atomic E-state index is 12.4. The summed E-state index contributed by atoms with van der Waals surface area (Å²) < 4.78 is 11.1. The second-order valence-electron chi connectivity index (χ2n) is 6.35. The standard InChI is InChI=1S/C20H21BrN4O5/c21-15-5-1-2-6-16(15)24-17(26)12-23-18(27)13-30-20(28)14-4-3-7-22-19(14)25-8-10-29-11-9-25/h1-7H,8-13H2,(H,23,27)(H,24,26). The van der Waals surface area contributed by atoms with Gasteiger partial charge in [0.2, 0.25) is 5.91 Å². The number of para-hydroxylation sites is 1. The molecular formula is C20H21BrN4O5. The highest BCUT2D eigenvalue weighted by molar-refractivity contribution is 9.10. The Kier molecular flexibility index (Phi) is 7.75. The molecule has 0 radical (unpaired) electrons. The van der Waals surface area contributed by atoms with Crippen LogP contribution in [0.3, 0.4) is 0 Å². The van der Waals surface area contributed by atoms with E-state index in [2.05, 4.69) is 31.5 Å². The molecule has 1 aliphatic rings. The minimum Gasteiger partial charge on any atom is -0.452 e. The predicted molar refractivity (Wildman–Crippen MR) is 113 cm³/mol. The van der Waals surface area contributed by atoms with Crippen molar-refractivity contribution in [2.45, 2.75) is 0 Å². The quantitative estimate of drug-likeness (QED) is 0.583. The van der Waals surface area contributed by atoms with E-state index in [4.69, 9.17) is 9.47 Å². The van der Waals surface area contributed by atoms with Gasteiger partial charge in [0.25, 0.3) is 5.91 Å². The normalized spacial score (nSPS) is 13.4. The van der Waals surface area contributed by atoms with Gasteiger partial charge in [-0.1, -0.05) is 12.1 Å². The lowest BCUT2D eigenvalue weighted by Crippen LogP contribution is -2.38. The number of nitrogens with one attached hydrogen (secondary N) is 2. The lowest BCUT2D eigenvalue weighted by atomic mass is 10.2. The lowest BCUT2D eigenvalue weighted by Gasteiger charge is -2.28. The van der Waals surface area contributed by atoms with Gasteiger partial charge >= 0.3 is 5.97 Å². The average molecular weight is 477 g/mol. The zero-order chi connectivity index (χ0) is 21.3. The number of morpholine rings is 1. The third-order valence-electron chi connectivity index (χ3n) is 4.25. The van der Waals surface area contributed by atoms with Gasteiger partial charge < -0.3 is 25.0 Å². The van der Waals surface area contributed by atoms with E-state index < -0.39 is 24.4 Å². The van der Waals surface area contributed by atoms with E-state index in [1.807, 2.05) is 11.0 Å². The van der Waals surface area contributed by atoms with Crippen molar-refractivity contribution in [3.05, 3.63) is 52.6 Å². The summed E-state index contributed by atoms with van der Waals surface area (Å²) in [4.78, 5) is 42.6. The fourth-order valence-electron chi connectivity index (χ4n) is 2.78. The Morgan fingerprint density at radius 3 is 2.63 bits per heavy atom. The van der Waals surface area contributed by atoms with Crippen molar-refractivity contribution in [1.29, 1.82) is 0 Å². The van der Waals surface area contributed by atoms with Crippen molar-refractivity contribution < 1.29 is 23.9 Å². The van der Waals surface area contributed by atoms with E-state index in [0.29, 0.717) is 37.8 Å². The third-order valence-corrected chi connectivity index (χ3v) is 4.94. The van der Waals surface area contributed by atoms with Gasteiger partial charge in [0.1, 0.15) is 11.4 Å². The number of halogens is 1. The van der Waals surface area contributed by atoms with Gasteiger partial charge in [0.15, 0.2) is 6.61 Å². The Morgan fingerprint density at radius 1 is 1.10 bits per heavy atom. The molecule has 0 spiro atoms. The van der Waals surface area contributed by atoms with Crippen LogP contribution in [0.4, 0.5) is 11.5 Å². The number of nitrogens with zero attached hydrogens (tertiary/aromatic N) is 2. The molecule has 0 aliphatic carbocycles. The Labute approximate surface area is 181 Å². The number of ether oxygens (including phenoxy) is 2. The summed E-state index contributed by atoms with van der Waals surface area (Å²) in [6, 6.07) is 10.4. The smallest absolute Gasteiger partial charge is 0.342 e. The van der Waals surface area contributed by atoms with Crippen molar-refractivity contribution in [3.63, 3.8) is 0 Å². The first-order chi connectivity index (χ1) is 14.5. The van der Waals surface area contributed by atoms with E-state index in [-0.39, 0.29) is 12.1 Å². The highest BCUT2D eigenvalue weighted by Crippen LogP contribution is 2.21. The molecule has 1 fully saturated rings. The summed E-state index contributed by atoms with van der Waals surface area (Å²) in [5, 5.41) is 5.09. The molecular weight excluding hydrogens is 456 g/mol. The van der Waals surface area contributed by atoms with Gasteiger partial charge in [0, 0.05) is 23.8 Å². The van der Waals surface area contributed by atoms with Crippen LogP contribution in [-0.2, 0) is 19.1 Å². The first-order valence-electron chi connectivity index (χ1n) is 9.30. The van der Waals surface area contributed by atoms with Gasteiger partial charge in [-0.05, 0) is 40.2 Å². The van der Waals surface area contributed by atoms with Crippen LogP contribution < -0.4 is 15.5 Å². The summed E-state index contributed by atoms with van der Waals surface area (Å²) in [6.45, 7) is 1.58. The highest BCUT2D eigenvalue weighted by atomic mass is 79.9. The molecule has 3 rings (SSSR count). The molecule has 2 heterocycles. The van der Waals surface area contributed by atoms with Crippen LogP contribution in [0.25, 0.3) is 0 Å².